The van der Waals surface area contributed by atoms with E-state index < -0.39 is 12.1 Å². The van der Waals surface area contributed by atoms with Crippen LogP contribution < -0.4 is 5.73 Å². The fraction of sp³-hybridized carbons (Fsp3) is 0.500. The average Bonchev–Trinajstić information content (AvgIpc) is 2.18. The van der Waals surface area contributed by atoms with E-state index in [9.17, 15) is 15.3 Å². The number of aliphatic hydroxyl groups is 1. The maximum absolute atomic E-state index is 9.98. The fourth-order valence-electron chi connectivity index (χ4n) is 2.02. The van der Waals surface area contributed by atoms with Crippen LogP contribution in [0.1, 0.15) is 30.9 Å². The minimum atomic E-state index is -0.572. The summed E-state index contributed by atoms with van der Waals surface area (Å²) in [5.41, 5.74) is 6.57. The van der Waals surface area contributed by atoms with Gasteiger partial charge in [-0.1, -0.05) is 12.5 Å². The Labute approximate surface area is 106 Å². The highest BCUT2D eigenvalue weighted by molar-refractivity contribution is 5.85. The summed E-state index contributed by atoms with van der Waals surface area (Å²) in [6, 6.07) is 3.92. The lowest BCUT2D eigenvalue weighted by molar-refractivity contribution is 0.0413. The third-order valence-electron chi connectivity index (χ3n) is 3.39. The number of hydrogen-bond acceptors (Lipinski definition) is 4. The topological polar surface area (TPSA) is 86.7 Å². The summed E-state index contributed by atoms with van der Waals surface area (Å²) in [4.78, 5) is 0. The Bertz CT molecular complexity index is 382. The molecular weight excluding hydrogens is 242 g/mol. The summed E-state index contributed by atoms with van der Waals surface area (Å²) in [5, 5.41) is 28.5. The lowest BCUT2D eigenvalue weighted by Gasteiger charge is -2.33. The zero-order valence-corrected chi connectivity index (χ0v) is 10.2. The highest BCUT2D eigenvalue weighted by atomic mass is 35.5. The molecule has 4 nitrogen and oxygen atoms in total. The lowest BCUT2D eigenvalue weighted by Crippen LogP contribution is -2.36. The normalized spacial score (nSPS) is 18.9. The van der Waals surface area contributed by atoms with Crippen LogP contribution in [-0.4, -0.2) is 21.4 Å². The second-order valence-electron chi connectivity index (χ2n) is 4.46. The monoisotopic (exact) mass is 259 g/mol. The first-order chi connectivity index (χ1) is 7.59. The maximum atomic E-state index is 9.98. The van der Waals surface area contributed by atoms with Gasteiger partial charge in [-0.3, -0.25) is 0 Å². The molecule has 0 unspecified atom stereocenters. The Morgan fingerprint density at radius 2 is 1.82 bits per heavy atom. The van der Waals surface area contributed by atoms with E-state index in [2.05, 4.69) is 0 Å². The highest BCUT2D eigenvalue weighted by Crippen LogP contribution is 2.35. The third kappa shape index (κ3) is 2.83. The van der Waals surface area contributed by atoms with E-state index in [4.69, 9.17) is 5.73 Å². The van der Waals surface area contributed by atoms with Crippen molar-refractivity contribution in [2.75, 3.05) is 0 Å². The van der Waals surface area contributed by atoms with Crippen molar-refractivity contribution in [1.29, 1.82) is 0 Å². The first-order valence-electron chi connectivity index (χ1n) is 5.55. The number of phenols is 2. The van der Waals surface area contributed by atoms with Crippen molar-refractivity contribution in [3.63, 3.8) is 0 Å². The van der Waals surface area contributed by atoms with Gasteiger partial charge in [-0.15, -0.1) is 12.4 Å². The van der Waals surface area contributed by atoms with Gasteiger partial charge in [-0.25, -0.2) is 0 Å². The highest BCUT2D eigenvalue weighted by Gasteiger charge is 2.30. The fourth-order valence-corrected chi connectivity index (χ4v) is 2.02. The van der Waals surface area contributed by atoms with Crippen LogP contribution in [0, 0.1) is 5.92 Å². The van der Waals surface area contributed by atoms with Crippen LogP contribution in [0.2, 0.25) is 0 Å². The van der Waals surface area contributed by atoms with Gasteiger partial charge in [0.1, 0.15) is 0 Å². The van der Waals surface area contributed by atoms with Gasteiger partial charge in [0, 0.05) is 0 Å². The molecule has 1 saturated carbocycles. The molecule has 0 saturated heterocycles. The van der Waals surface area contributed by atoms with Gasteiger partial charge in [0.25, 0.3) is 0 Å². The summed E-state index contributed by atoms with van der Waals surface area (Å²) < 4.78 is 0. The minimum absolute atomic E-state index is 0. The van der Waals surface area contributed by atoms with Crippen LogP contribution in [0.15, 0.2) is 18.2 Å². The van der Waals surface area contributed by atoms with E-state index in [1.165, 1.54) is 12.1 Å². The van der Waals surface area contributed by atoms with Crippen LogP contribution in [0.25, 0.3) is 0 Å². The van der Waals surface area contributed by atoms with E-state index in [1.807, 2.05) is 0 Å². The molecule has 1 fully saturated rings. The van der Waals surface area contributed by atoms with Gasteiger partial charge >= 0.3 is 0 Å². The number of halogens is 1. The van der Waals surface area contributed by atoms with Crippen molar-refractivity contribution in [2.45, 2.75) is 31.4 Å². The predicted molar refractivity (Wildman–Crippen MR) is 67.3 cm³/mol. The molecule has 1 aromatic rings. The standard InChI is InChI=1S/C12H17NO3.ClH/c13-11(12(16)7-2-1-3-7)8-4-5-9(14)10(15)6-8;/h4-7,11-12,14-16H,1-3,13H2;1H/t11-,12+;/m1./s1. The first-order valence-corrected chi connectivity index (χ1v) is 5.55. The van der Waals surface area contributed by atoms with E-state index >= 15 is 0 Å². The largest absolute Gasteiger partial charge is 0.504 e. The van der Waals surface area contributed by atoms with Crippen LogP contribution in [0.5, 0.6) is 11.5 Å². The third-order valence-corrected chi connectivity index (χ3v) is 3.39. The van der Waals surface area contributed by atoms with Crippen LogP contribution in [0.4, 0.5) is 0 Å². The average molecular weight is 260 g/mol. The number of aromatic hydroxyl groups is 2. The molecule has 1 aromatic carbocycles. The van der Waals surface area contributed by atoms with E-state index in [0.29, 0.717) is 5.56 Å². The van der Waals surface area contributed by atoms with Crippen molar-refractivity contribution in [3.05, 3.63) is 23.8 Å². The number of phenolic OH excluding ortho intramolecular Hbond substituents is 2. The molecule has 1 aliphatic rings. The van der Waals surface area contributed by atoms with Crippen molar-refractivity contribution in [2.24, 2.45) is 11.7 Å². The summed E-state index contributed by atoms with van der Waals surface area (Å²) in [6.45, 7) is 0. The molecule has 96 valence electrons. The van der Waals surface area contributed by atoms with Crippen molar-refractivity contribution >= 4 is 12.4 Å². The minimum Gasteiger partial charge on any atom is -0.504 e. The van der Waals surface area contributed by atoms with Crippen LogP contribution >= 0.6 is 12.4 Å². The molecule has 0 bridgehead atoms. The molecule has 0 heterocycles. The molecule has 0 spiro atoms. The summed E-state index contributed by atoms with van der Waals surface area (Å²) in [5.74, 6) is -0.103. The van der Waals surface area contributed by atoms with Gasteiger partial charge in [0.05, 0.1) is 12.1 Å². The maximum Gasteiger partial charge on any atom is 0.157 e. The summed E-state index contributed by atoms with van der Waals surface area (Å²) in [6.07, 6.45) is 2.60. The molecule has 17 heavy (non-hydrogen) atoms. The van der Waals surface area contributed by atoms with Crippen LogP contribution in [-0.2, 0) is 0 Å². The Kier molecular flexibility index (Phi) is 4.62. The van der Waals surface area contributed by atoms with Gasteiger partial charge in [0.15, 0.2) is 11.5 Å². The number of rotatable bonds is 3. The zero-order chi connectivity index (χ0) is 11.7. The van der Waals surface area contributed by atoms with E-state index in [-0.39, 0.29) is 29.8 Å². The molecule has 5 N–H and O–H groups in total. The molecule has 0 aromatic heterocycles. The summed E-state index contributed by atoms with van der Waals surface area (Å²) in [7, 11) is 0. The molecule has 1 aliphatic carbocycles. The number of nitrogens with two attached hydrogens (primary N) is 1. The smallest absolute Gasteiger partial charge is 0.157 e. The van der Waals surface area contributed by atoms with E-state index in [1.54, 1.807) is 6.07 Å². The Balaban J connectivity index is 0.00000144. The van der Waals surface area contributed by atoms with Gasteiger partial charge in [-0.2, -0.15) is 0 Å². The Morgan fingerprint density at radius 1 is 1.18 bits per heavy atom. The molecule has 0 aliphatic heterocycles. The van der Waals surface area contributed by atoms with Crippen LogP contribution in [0.3, 0.4) is 0 Å². The Hall–Kier alpha value is -0.970. The second-order valence-corrected chi connectivity index (χ2v) is 4.46. The lowest BCUT2D eigenvalue weighted by atomic mass is 9.77. The SMILES string of the molecule is Cl.N[C@H](c1ccc(O)c(O)c1)[C@@H](O)C1CCC1. The van der Waals surface area contributed by atoms with Gasteiger partial charge in [0.2, 0.25) is 0 Å². The molecule has 0 amide bonds. The number of aliphatic hydroxyl groups excluding tert-OH is 1. The Morgan fingerprint density at radius 3 is 2.29 bits per heavy atom. The first kappa shape index (κ1) is 14.1. The second kappa shape index (κ2) is 5.58. The number of hydrogen-bond donors (Lipinski definition) is 4. The predicted octanol–water partition coefficient (Wildman–Crippen LogP) is 1.68. The number of benzene rings is 1. The van der Waals surface area contributed by atoms with Crippen molar-refractivity contribution < 1.29 is 15.3 Å². The summed E-state index contributed by atoms with van der Waals surface area (Å²) >= 11 is 0. The van der Waals surface area contributed by atoms with Crippen molar-refractivity contribution in [1.82, 2.24) is 0 Å². The molecule has 5 heteroatoms. The van der Waals surface area contributed by atoms with Crippen molar-refractivity contribution in [3.8, 4) is 11.5 Å². The van der Waals surface area contributed by atoms with Gasteiger partial charge in [-0.05, 0) is 36.5 Å². The molecule has 0 radical (unpaired) electrons. The molecule has 2 rings (SSSR count). The quantitative estimate of drug-likeness (QED) is 0.622. The molecule has 2 atom stereocenters. The zero-order valence-electron chi connectivity index (χ0n) is 9.41. The van der Waals surface area contributed by atoms with Gasteiger partial charge < -0.3 is 21.1 Å². The van der Waals surface area contributed by atoms with E-state index in [0.717, 1.165) is 19.3 Å². The molecular formula is C12H18ClNO3.